The minimum absolute atomic E-state index is 0.799. The molecule has 0 saturated carbocycles. The highest BCUT2D eigenvalue weighted by Crippen LogP contribution is 2.53. The lowest BCUT2D eigenvalue weighted by molar-refractivity contribution is 0.487. The number of nitrogens with zero attached hydrogens (tertiary/aromatic N) is 2. The standard InChI is InChI=1S/C68H42N2O2S/c1-3-17-43(18-4-1)49-21-7-11-27-59(49)69(47-36-38-66-57(41-47)53-24-10-14-32-65(53)73-66)46-34-33-45-39-58-52-37-35-48(42-64(52)71-63-31-16-25-54(67(58)63)56(45)40-46)70(60-28-12-8-22-50(60)44-19-5-2-6-20-44)61-29-15-26-55-51-23-9-13-30-62(51)72-68(55)61/h1-42H. The third kappa shape index (κ3) is 6.67. The van der Waals surface area contributed by atoms with Crippen LogP contribution in [0.4, 0.5) is 34.1 Å². The molecule has 1 aliphatic rings. The van der Waals surface area contributed by atoms with E-state index in [9.17, 15) is 0 Å². The van der Waals surface area contributed by atoms with Crippen LogP contribution in [0.2, 0.25) is 0 Å². The summed E-state index contributed by atoms with van der Waals surface area (Å²) in [5.41, 5.74) is 14.7. The molecule has 0 bridgehead atoms. The number of para-hydroxylation sites is 4. The number of thiophene rings is 1. The van der Waals surface area contributed by atoms with E-state index in [4.69, 9.17) is 9.15 Å². The Morgan fingerprint density at radius 2 is 0.890 bits per heavy atom. The van der Waals surface area contributed by atoms with Gasteiger partial charge in [-0.2, -0.15) is 0 Å². The van der Waals surface area contributed by atoms with Crippen LogP contribution in [0.3, 0.4) is 0 Å². The minimum Gasteiger partial charge on any atom is -0.456 e. The quantitative estimate of drug-likeness (QED) is 0.142. The largest absolute Gasteiger partial charge is 0.456 e. The topological polar surface area (TPSA) is 28.9 Å². The molecule has 4 nitrogen and oxygen atoms in total. The molecule has 0 radical (unpaired) electrons. The maximum atomic E-state index is 7.10. The number of anilines is 6. The van der Waals surface area contributed by atoms with Gasteiger partial charge >= 0.3 is 0 Å². The van der Waals surface area contributed by atoms with Gasteiger partial charge in [0.1, 0.15) is 17.1 Å². The van der Waals surface area contributed by atoms with Crippen LogP contribution >= 0.6 is 11.3 Å². The van der Waals surface area contributed by atoms with Gasteiger partial charge in [-0.25, -0.2) is 0 Å². The maximum Gasteiger partial charge on any atom is 0.159 e. The van der Waals surface area contributed by atoms with Crippen molar-refractivity contribution in [1.29, 1.82) is 0 Å². The molecule has 12 aromatic carbocycles. The second kappa shape index (κ2) is 16.6. The number of furan rings is 1. The van der Waals surface area contributed by atoms with Gasteiger partial charge in [0.15, 0.2) is 5.58 Å². The summed E-state index contributed by atoms with van der Waals surface area (Å²) in [6.45, 7) is 0. The first-order valence-corrected chi connectivity index (χ1v) is 25.5. The number of hydrogen-bond donors (Lipinski definition) is 0. The molecule has 2 aromatic heterocycles. The molecular weight excluding hydrogens is 909 g/mol. The lowest BCUT2D eigenvalue weighted by atomic mass is 9.90. The zero-order valence-electron chi connectivity index (χ0n) is 39.4. The molecule has 0 spiro atoms. The summed E-state index contributed by atoms with van der Waals surface area (Å²) in [5, 5.41) is 9.27. The molecule has 0 atom stereocenters. The van der Waals surface area contributed by atoms with Crippen molar-refractivity contribution in [1.82, 2.24) is 0 Å². The summed E-state index contributed by atoms with van der Waals surface area (Å²) in [6, 6.07) is 91.6. The van der Waals surface area contributed by atoms with Gasteiger partial charge in [0.25, 0.3) is 0 Å². The molecule has 3 heterocycles. The lowest BCUT2D eigenvalue weighted by Gasteiger charge is -2.30. The van der Waals surface area contributed by atoms with E-state index in [1.165, 1.54) is 25.7 Å². The van der Waals surface area contributed by atoms with Crippen molar-refractivity contribution in [3.63, 3.8) is 0 Å². The molecule has 73 heavy (non-hydrogen) atoms. The molecule has 0 fully saturated rings. The maximum absolute atomic E-state index is 7.10. The van der Waals surface area contributed by atoms with Gasteiger partial charge in [0.05, 0.1) is 22.7 Å². The molecular formula is C68H42N2O2S. The van der Waals surface area contributed by atoms with Crippen molar-refractivity contribution in [3.05, 3.63) is 255 Å². The van der Waals surface area contributed by atoms with E-state index >= 15 is 0 Å². The van der Waals surface area contributed by atoms with Gasteiger partial charge < -0.3 is 19.0 Å². The third-order valence-electron chi connectivity index (χ3n) is 14.6. The summed E-state index contributed by atoms with van der Waals surface area (Å²) in [7, 11) is 0. The highest BCUT2D eigenvalue weighted by molar-refractivity contribution is 7.25. The highest BCUT2D eigenvalue weighted by Gasteiger charge is 2.27. The molecule has 15 rings (SSSR count). The van der Waals surface area contributed by atoms with Crippen LogP contribution in [0.1, 0.15) is 0 Å². The highest BCUT2D eigenvalue weighted by atomic mass is 32.1. The normalized spacial score (nSPS) is 11.9. The van der Waals surface area contributed by atoms with Crippen LogP contribution in [0.15, 0.2) is 259 Å². The van der Waals surface area contributed by atoms with E-state index in [1.807, 2.05) is 23.5 Å². The van der Waals surface area contributed by atoms with Crippen molar-refractivity contribution in [2.24, 2.45) is 0 Å². The van der Waals surface area contributed by atoms with Crippen molar-refractivity contribution < 1.29 is 9.15 Å². The molecule has 0 saturated heterocycles. The SMILES string of the molecule is c1ccc(-c2ccccc2N(c2ccc3cc4c5c(cccc5c3c2)Oc2cc(N(c3ccccc3-c3ccccc3)c3cccc5c3oc3ccccc35)ccc2-4)c2ccc3sc4ccccc4c3c2)cc1. The van der Waals surface area contributed by atoms with Gasteiger partial charge in [0, 0.05) is 70.5 Å². The van der Waals surface area contributed by atoms with E-state index in [-0.39, 0.29) is 0 Å². The minimum atomic E-state index is 0.799. The molecule has 0 N–H and O–H groups in total. The average Bonchev–Trinajstić information content (AvgIpc) is 4.03. The fourth-order valence-corrected chi connectivity index (χ4v) is 12.4. The van der Waals surface area contributed by atoms with Crippen molar-refractivity contribution in [3.8, 4) is 44.9 Å². The first-order chi connectivity index (χ1) is 36.2. The molecule has 14 aromatic rings. The van der Waals surface area contributed by atoms with Crippen LogP contribution in [-0.4, -0.2) is 0 Å². The molecule has 0 amide bonds. The third-order valence-corrected chi connectivity index (χ3v) is 15.8. The summed E-state index contributed by atoms with van der Waals surface area (Å²) in [6.07, 6.45) is 0. The summed E-state index contributed by atoms with van der Waals surface area (Å²) in [5.74, 6) is 1.63. The second-order valence-electron chi connectivity index (χ2n) is 18.8. The monoisotopic (exact) mass is 950 g/mol. The van der Waals surface area contributed by atoms with Gasteiger partial charge in [0.2, 0.25) is 0 Å². The van der Waals surface area contributed by atoms with Crippen LogP contribution in [0.5, 0.6) is 11.5 Å². The Kier molecular flexibility index (Phi) is 9.41. The molecule has 1 aliphatic heterocycles. The Balaban J connectivity index is 0.901. The van der Waals surface area contributed by atoms with Gasteiger partial charge in [-0.05, 0) is 118 Å². The predicted octanol–water partition coefficient (Wildman–Crippen LogP) is 20.3. The van der Waals surface area contributed by atoms with Gasteiger partial charge in [-0.3, -0.25) is 0 Å². The van der Waals surface area contributed by atoms with Crippen molar-refractivity contribution in [2.45, 2.75) is 0 Å². The van der Waals surface area contributed by atoms with E-state index < -0.39 is 0 Å². The van der Waals surface area contributed by atoms with E-state index in [1.54, 1.807) is 0 Å². The zero-order chi connectivity index (χ0) is 48.0. The summed E-state index contributed by atoms with van der Waals surface area (Å²) >= 11 is 1.85. The Morgan fingerprint density at radius 1 is 0.315 bits per heavy atom. The Hall–Kier alpha value is -9.42. The van der Waals surface area contributed by atoms with Crippen molar-refractivity contribution in [2.75, 3.05) is 9.80 Å². The van der Waals surface area contributed by atoms with Crippen LogP contribution in [0, 0.1) is 0 Å². The fraction of sp³-hybridized carbons (Fsp3) is 0. The number of rotatable bonds is 8. The number of benzene rings is 12. The predicted molar refractivity (Wildman–Crippen MR) is 307 cm³/mol. The van der Waals surface area contributed by atoms with Crippen LogP contribution in [0.25, 0.3) is 97.0 Å². The van der Waals surface area contributed by atoms with Gasteiger partial charge in [-0.1, -0.05) is 164 Å². The Bertz CT molecular complexity index is 4500. The lowest BCUT2D eigenvalue weighted by Crippen LogP contribution is -2.12. The average molecular weight is 951 g/mol. The first-order valence-electron chi connectivity index (χ1n) is 24.7. The molecule has 5 heteroatoms. The Morgan fingerprint density at radius 3 is 1.68 bits per heavy atom. The smallest absolute Gasteiger partial charge is 0.159 e. The second-order valence-corrected chi connectivity index (χ2v) is 19.8. The Labute approximate surface area is 425 Å². The molecule has 0 unspecified atom stereocenters. The van der Waals surface area contributed by atoms with Crippen LogP contribution < -0.4 is 14.5 Å². The van der Waals surface area contributed by atoms with Gasteiger partial charge in [-0.15, -0.1) is 11.3 Å². The van der Waals surface area contributed by atoms with E-state index in [0.717, 1.165) is 117 Å². The summed E-state index contributed by atoms with van der Waals surface area (Å²) < 4.78 is 16.4. The number of fused-ring (bicyclic) bond motifs is 10. The fourth-order valence-electron chi connectivity index (χ4n) is 11.3. The molecule has 0 aliphatic carbocycles. The van der Waals surface area contributed by atoms with E-state index in [2.05, 4.69) is 252 Å². The van der Waals surface area contributed by atoms with Crippen LogP contribution in [-0.2, 0) is 0 Å². The van der Waals surface area contributed by atoms with Crippen molar-refractivity contribution >= 4 is 109 Å². The summed E-state index contributed by atoms with van der Waals surface area (Å²) in [4.78, 5) is 4.76. The molecule has 342 valence electrons. The van der Waals surface area contributed by atoms with E-state index in [0.29, 0.717) is 0 Å². The number of ether oxygens (including phenoxy) is 1. The number of hydrogen-bond acceptors (Lipinski definition) is 5. The first kappa shape index (κ1) is 41.4. The zero-order valence-corrected chi connectivity index (χ0v) is 40.2.